The Balaban J connectivity index is 1.69. The second kappa shape index (κ2) is 7.73. The zero-order chi connectivity index (χ0) is 18.6. The maximum atomic E-state index is 11.2. The second-order valence-electron chi connectivity index (χ2n) is 6.85. The van der Waals surface area contributed by atoms with Crippen molar-refractivity contribution < 1.29 is 10.0 Å². The number of nitrogens with one attached hydrogen (secondary N) is 2. The van der Waals surface area contributed by atoms with Crippen molar-refractivity contribution >= 4 is 17.6 Å². The van der Waals surface area contributed by atoms with Crippen LogP contribution in [0, 0.1) is 5.92 Å². The van der Waals surface area contributed by atoms with Crippen molar-refractivity contribution in [1.82, 2.24) is 20.2 Å². The molecule has 138 valence electrons. The molecule has 1 amide bonds. The lowest BCUT2D eigenvalue weighted by Crippen LogP contribution is -2.17. The fourth-order valence-corrected chi connectivity index (χ4v) is 3.14. The molecule has 0 unspecified atom stereocenters. The molecule has 6 heteroatoms. The van der Waals surface area contributed by atoms with Crippen LogP contribution in [0.2, 0.25) is 0 Å². The fourth-order valence-electron chi connectivity index (χ4n) is 3.14. The van der Waals surface area contributed by atoms with Gasteiger partial charge in [0.15, 0.2) is 0 Å². The largest absolute Gasteiger partial charge is 0.311 e. The lowest BCUT2D eigenvalue weighted by molar-refractivity contribution is -0.124. The monoisotopic (exact) mass is 362 g/mol. The highest BCUT2D eigenvalue weighted by Gasteiger charge is 2.21. The quantitative estimate of drug-likeness (QED) is 0.343. The Hall–Kier alpha value is -2.96. The van der Waals surface area contributed by atoms with E-state index in [1.165, 1.54) is 18.9 Å². The van der Waals surface area contributed by atoms with Crippen LogP contribution in [0.4, 0.5) is 0 Å². The summed E-state index contributed by atoms with van der Waals surface area (Å²) in [5, 5.41) is 12.2. The molecule has 1 aromatic carbocycles. The summed E-state index contributed by atoms with van der Waals surface area (Å²) in [4.78, 5) is 16.0. The molecule has 1 saturated carbocycles. The fraction of sp³-hybridized carbons (Fsp3) is 0.238. The van der Waals surface area contributed by atoms with Crippen LogP contribution >= 0.6 is 0 Å². The van der Waals surface area contributed by atoms with Gasteiger partial charge in [-0.2, -0.15) is 0 Å². The molecule has 0 atom stereocenters. The number of fused-ring (bicyclic) bond motifs is 1. The van der Waals surface area contributed by atoms with E-state index in [4.69, 9.17) is 10.2 Å². The first-order chi connectivity index (χ1) is 13.2. The number of hydrogen-bond acceptors (Lipinski definition) is 4. The zero-order valence-corrected chi connectivity index (χ0v) is 14.9. The van der Waals surface area contributed by atoms with Crippen molar-refractivity contribution in [3.05, 3.63) is 66.0 Å². The molecule has 0 bridgehead atoms. The van der Waals surface area contributed by atoms with Crippen molar-refractivity contribution in [2.45, 2.75) is 19.4 Å². The zero-order valence-electron chi connectivity index (χ0n) is 14.9. The molecular formula is C21H22N4O2. The van der Waals surface area contributed by atoms with Crippen molar-refractivity contribution in [3.8, 4) is 11.3 Å². The molecule has 0 spiro atoms. The summed E-state index contributed by atoms with van der Waals surface area (Å²) in [6, 6.07) is 14.0. The molecule has 1 aliphatic rings. The average molecular weight is 362 g/mol. The van der Waals surface area contributed by atoms with Crippen LogP contribution in [-0.4, -0.2) is 27.0 Å². The van der Waals surface area contributed by atoms with Gasteiger partial charge in [0, 0.05) is 24.4 Å². The van der Waals surface area contributed by atoms with Crippen molar-refractivity contribution in [2.24, 2.45) is 5.92 Å². The van der Waals surface area contributed by atoms with Gasteiger partial charge in [0.1, 0.15) is 5.65 Å². The van der Waals surface area contributed by atoms with Crippen LogP contribution in [0.5, 0.6) is 0 Å². The number of aromatic nitrogens is 2. The molecule has 27 heavy (non-hydrogen) atoms. The van der Waals surface area contributed by atoms with Gasteiger partial charge < -0.3 is 9.72 Å². The van der Waals surface area contributed by atoms with Crippen LogP contribution in [0.3, 0.4) is 0 Å². The summed E-state index contributed by atoms with van der Waals surface area (Å²) in [7, 11) is 0. The molecule has 3 aromatic rings. The van der Waals surface area contributed by atoms with E-state index in [0.717, 1.165) is 47.2 Å². The Morgan fingerprint density at radius 2 is 2.07 bits per heavy atom. The molecular weight excluding hydrogens is 340 g/mol. The van der Waals surface area contributed by atoms with Gasteiger partial charge in [-0.05, 0) is 49.1 Å². The normalized spacial score (nSPS) is 14.1. The van der Waals surface area contributed by atoms with Crippen LogP contribution in [0.15, 0.2) is 54.7 Å². The standard InChI is InChI=1S/C21H22N4O2/c26-20(24-27)9-8-15-10-11-25-18(14-22-13-16-6-7-16)21(23-19(25)12-15)17-4-2-1-3-5-17/h1-5,8-12,16,22,27H,6-7,13-14H2,(H,24,26). The number of rotatable bonds is 7. The molecule has 0 saturated heterocycles. The molecule has 6 nitrogen and oxygen atoms in total. The third-order valence-electron chi connectivity index (χ3n) is 4.76. The van der Waals surface area contributed by atoms with Gasteiger partial charge >= 0.3 is 0 Å². The van der Waals surface area contributed by atoms with Gasteiger partial charge in [0.05, 0.1) is 11.4 Å². The average Bonchev–Trinajstić information content (AvgIpc) is 3.46. The Labute approximate surface area is 157 Å². The summed E-state index contributed by atoms with van der Waals surface area (Å²) < 4.78 is 2.09. The number of carbonyl (C=O) groups is 1. The van der Waals surface area contributed by atoms with Crippen LogP contribution < -0.4 is 10.8 Å². The van der Waals surface area contributed by atoms with Crippen LogP contribution in [-0.2, 0) is 11.3 Å². The lowest BCUT2D eigenvalue weighted by Gasteiger charge is -2.07. The summed E-state index contributed by atoms with van der Waals surface area (Å²) in [5.74, 6) is 0.256. The van der Waals surface area contributed by atoms with E-state index >= 15 is 0 Å². The maximum absolute atomic E-state index is 11.2. The lowest BCUT2D eigenvalue weighted by atomic mass is 10.1. The molecule has 1 fully saturated rings. The minimum absolute atomic E-state index is 0.562. The smallest absolute Gasteiger partial charge is 0.267 e. The SMILES string of the molecule is O=C(C=Cc1ccn2c(CNCC3CC3)c(-c3ccccc3)nc2c1)NO. The molecule has 3 N–H and O–H groups in total. The van der Waals surface area contributed by atoms with Crippen molar-refractivity contribution in [3.63, 3.8) is 0 Å². The molecule has 2 heterocycles. The molecule has 0 aliphatic heterocycles. The number of pyridine rings is 1. The Bertz CT molecular complexity index is 975. The first-order valence-electron chi connectivity index (χ1n) is 9.14. The van der Waals surface area contributed by atoms with E-state index in [1.54, 1.807) is 11.6 Å². The Morgan fingerprint density at radius 3 is 2.81 bits per heavy atom. The summed E-state index contributed by atoms with van der Waals surface area (Å²) in [6.45, 7) is 1.79. The number of nitrogens with zero attached hydrogens (tertiary/aromatic N) is 2. The van der Waals surface area contributed by atoms with Gasteiger partial charge in [-0.25, -0.2) is 10.5 Å². The highest BCUT2D eigenvalue weighted by Crippen LogP contribution is 2.28. The van der Waals surface area contributed by atoms with Gasteiger partial charge in [-0.1, -0.05) is 30.3 Å². The molecule has 1 aliphatic carbocycles. The first kappa shape index (κ1) is 17.5. The van der Waals surface area contributed by atoms with E-state index in [0.29, 0.717) is 0 Å². The van der Waals surface area contributed by atoms with Crippen LogP contribution in [0.25, 0.3) is 23.0 Å². The molecule has 4 rings (SSSR count). The second-order valence-corrected chi connectivity index (χ2v) is 6.85. The predicted molar refractivity (Wildman–Crippen MR) is 104 cm³/mol. The highest BCUT2D eigenvalue weighted by molar-refractivity contribution is 5.91. The first-order valence-corrected chi connectivity index (χ1v) is 9.14. The van der Waals surface area contributed by atoms with Crippen LogP contribution in [0.1, 0.15) is 24.1 Å². The summed E-state index contributed by atoms with van der Waals surface area (Å²) in [5.41, 5.74) is 6.43. The number of carbonyl (C=O) groups excluding carboxylic acids is 1. The Kier molecular flexibility index (Phi) is 5.00. The predicted octanol–water partition coefficient (Wildman–Crippen LogP) is 3.02. The van der Waals surface area contributed by atoms with E-state index in [2.05, 4.69) is 21.9 Å². The van der Waals surface area contributed by atoms with E-state index in [9.17, 15) is 4.79 Å². The maximum Gasteiger partial charge on any atom is 0.267 e. The Morgan fingerprint density at radius 1 is 1.26 bits per heavy atom. The highest BCUT2D eigenvalue weighted by atomic mass is 16.5. The van der Waals surface area contributed by atoms with Gasteiger partial charge in [0.2, 0.25) is 0 Å². The number of benzene rings is 1. The molecule has 2 aromatic heterocycles. The number of amides is 1. The van der Waals surface area contributed by atoms with E-state index in [1.807, 2.05) is 36.5 Å². The minimum Gasteiger partial charge on any atom is -0.311 e. The molecule has 0 radical (unpaired) electrons. The van der Waals surface area contributed by atoms with Gasteiger partial charge in [0.25, 0.3) is 5.91 Å². The topological polar surface area (TPSA) is 78.7 Å². The summed E-state index contributed by atoms with van der Waals surface area (Å²) >= 11 is 0. The van der Waals surface area contributed by atoms with E-state index in [-0.39, 0.29) is 0 Å². The van der Waals surface area contributed by atoms with Crippen molar-refractivity contribution in [1.29, 1.82) is 0 Å². The van der Waals surface area contributed by atoms with Gasteiger partial charge in [-0.3, -0.25) is 10.0 Å². The number of hydrogen-bond donors (Lipinski definition) is 3. The minimum atomic E-state index is -0.562. The van der Waals surface area contributed by atoms with Crippen molar-refractivity contribution in [2.75, 3.05) is 6.54 Å². The number of imidazole rings is 1. The summed E-state index contributed by atoms with van der Waals surface area (Å²) in [6.07, 6.45) is 7.55. The van der Waals surface area contributed by atoms with E-state index < -0.39 is 5.91 Å². The third kappa shape index (κ3) is 4.07. The van der Waals surface area contributed by atoms with Gasteiger partial charge in [-0.15, -0.1) is 0 Å². The number of hydroxylamine groups is 1. The third-order valence-corrected chi connectivity index (χ3v) is 4.76.